The largest absolute Gasteiger partial charge is 0.508 e. The van der Waals surface area contributed by atoms with E-state index in [1.54, 1.807) is 37.1 Å². The number of hydrogen-bond donors (Lipinski definition) is 2. The molecule has 2 N–H and O–H groups in total. The number of alkyl halides is 3. The number of carbonyl (C=O) groups is 1. The molecule has 0 radical (unpaired) electrons. The second-order valence-corrected chi connectivity index (χ2v) is 4.58. The van der Waals surface area contributed by atoms with Crippen molar-refractivity contribution in [1.82, 2.24) is 10.2 Å². The maximum absolute atomic E-state index is 12.0. The van der Waals surface area contributed by atoms with Gasteiger partial charge in [0.1, 0.15) is 12.3 Å². The molecule has 1 atom stereocenters. The smallest absolute Gasteiger partial charge is 0.405 e. The first-order valence-corrected chi connectivity index (χ1v) is 6.01. The molecule has 4 nitrogen and oxygen atoms in total. The van der Waals surface area contributed by atoms with E-state index >= 15 is 0 Å². The number of benzene rings is 1. The Kier molecular flexibility index (Phi) is 5.38. The van der Waals surface area contributed by atoms with Gasteiger partial charge in [0.05, 0.1) is 6.54 Å². The third-order valence-electron chi connectivity index (χ3n) is 2.89. The van der Waals surface area contributed by atoms with Crippen molar-refractivity contribution in [2.75, 3.05) is 20.1 Å². The highest BCUT2D eigenvalue weighted by Crippen LogP contribution is 2.22. The standard InChI is InChI=1S/C13H17F3N2O2/c1-9(10-4-3-5-11(19)6-10)18(2)7-12(20)17-8-13(14,15)16/h3-6,9,19H,7-8H2,1-2H3,(H,17,20). The molecule has 0 aromatic heterocycles. The van der Waals surface area contributed by atoms with Crippen LogP contribution < -0.4 is 5.32 Å². The van der Waals surface area contributed by atoms with Gasteiger partial charge in [0.15, 0.2) is 0 Å². The number of phenolic OH excluding ortho intramolecular Hbond substituents is 1. The molecule has 0 saturated heterocycles. The predicted octanol–water partition coefficient (Wildman–Crippen LogP) is 2.06. The van der Waals surface area contributed by atoms with Crippen LogP contribution in [0.1, 0.15) is 18.5 Å². The van der Waals surface area contributed by atoms with Crippen molar-refractivity contribution in [2.24, 2.45) is 0 Å². The van der Waals surface area contributed by atoms with Gasteiger partial charge in [0.2, 0.25) is 5.91 Å². The number of nitrogens with one attached hydrogen (secondary N) is 1. The van der Waals surface area contributed by atoms with E-state index in [1.807, 2.05) is 5.32 Å². The van der Waals surface area contributed by atoms with Crippen LogP contribution in [0.4, 0.5) is 13.2 Å². The molecule has 1 aromatic carbocycles. The Bertz CT molecular complexity index is 463. The highest BCUT2D eigenvalue weighted by atomic mass is 19.4. The van der Waals surface area contributed by atoms with Gasteiger partial charge in [-0.1, -0.05) is 12.1 Å². The van der Waals surface area contributed by atoms with E-state index in [4.69, 9.17) is 0 Å². The Hall–Kier alpha value is -1.76. The molecule has 1 rings (SSSR count). The SMILES string of the molecule is CC(c1cccc(O)c1)N(C)CC(=O)NCC(F)(F)F. The van der Waals surface area contributed by atoms with Gasteiger partial charge in [-0.25, -0.2) is 0 Å². The lowest BCUT2D eigenvalue weighted by atomic mass is 10.1. The van der Waals surface area contributed by atoms with Crippen molar-refractivity contribution in [1.29, 1.82) is 0 Å². The fourth-order valence-corrected chi connectivity index (χ4v) is 1.66. The summed E-state index contributed by atoms with van der Waals surface area (Å²) in [5.74, 6) is -0.596. The zero-order chi connectivity index (χ0) is 15.3. The maximum Gasteiger partial charge on any atom is 0.405 e. The van der Waals surface area contributed by atoms with Crippen LogP contribution in [0.2, 0.25) is 0 Å². The number of rotatable bonds is 5. The Morgan fingerprint density at radius 1 is 1.45 bits per heavy atom. The van der Waals surface area contributed by atoms with Crippen molar-refractivity contribution >= 4 is 5.91 Å². The highest BCUT2D eigenvalue weighted by molar-refractivity contribution is 5.78. The third-order valence-corrected chi connectivity index (χ3v) is 2.89. The molecule has 0 aliphatic rings. The van der Waals surface area contributed by atoms with Crippen molar-refractivity contribution in [2.45, 2.75) is 19.1 Å². The number of nitrogens with zero attached hydrogens (tertiary/aromatic N) is 1. The lowest BCUT2D eigenvalue weighted by Crippen LogP contribution is -2.40. The number of halogens is 3. The van der Waals surface area contributed by atoms with Crippen LogP contribution in [0.3, 0.4) is 0 Å². The molecule has 0 spiro atoms. The quantitative estimate of drug-likeness (QED) is 0.873. The van der Waals surface area contributed by atoms with E-state index in [9.17, 15) is 23.1 Å². The normalized spacial score (nSPS) is 13.3. The maximum atomic E-state index is 12.0. The third kappa shape index (κ3) is 5.48. The second-order valence-electron chi connectivity index (χ2n) is 4.58. The molecular weight excluding hydrogens is 273 g/mol. The fraction of sp³-hybridized carbons (Fsp3) is 0.462. The van der Waals surface area contributed by atoms with E-state index in [0.29, 0.717) is 0 Å². The zero-order valence-electron chi connectivity index (χ0n) is 11.2. The van der Waals surface area contributed by atoms with Crippen LogP contribution in [-0.4, -0.2) is 42.2 Å². The lowest BCUT2D eigenvalue weighted by Gasteiger charge is -2.24. The Morgan fingerprint density at radius 3 is 2.65 bits per heavy atom. The number of carbonyl (C=O) groups excluding carboxylic acids is 1. The van der Waals surface area contributed by atoms with Crippen LogP contribution in [-0.2, 0) is 4.79 Å². The Balaban J connectivity index is 2.53. The minimum absolute atomic E-state index is 0.101. The van der Waals surface area contributed by atoms with Crippen LogP contribution in [0.5, 0.6) is 5.75 Å². The van der Waals surface area contributed by atoms with E-state index in [2.05, 4.69) is 0 Å². The summed E-state index contributed by atoms with van der Waals surface area (Å²) < 4.78 is 35.9. The molecular formula is C13H17F3N2O2. The summed E-state index contributed by atoms with van der Waals surface area (Å²) in [6.45, 7) is 0.304. The van der Waals surface area contributed by atoms with Gasteiger partial charge in [-0.15, -0.1) is 0 Å². The topological polar surface area (TPSA) is 52.6 Å². The van der Waals surface area contributed by atoms with Gasteiger partial charge in [0.25, 0.3) is 0 Å². The molecule has 0 fully saturated rings. The van der Waals surface area contributed by atoms with Gasteiger partial charge in [0, 0.05) is 6.04 Å². The molecule has 1 aromatic rings. The summed E-state index contributed by atoms with van der Waals surface area (Å²) >= 11 is 0. The van der Waals surface area contributed by atoms with Crippen molar-refractivity contribution in [3.05, 3.63) is 29.8 Å². The van der Waals surface area contributed by atoms with Crippen LogP contribution in [0.15, 0.2) is 24.3 Å². The Labute approximate surface area is 115 Å². The summed E-state index contributed by atoms with van der Waals surface area (Å²) in [5.41, 5.74) is 0.774. The minimum Gasteiger partial charge on any atom is -0.508 e. The summed E-state index contributed by atoms with van der Waals surface area (Å²) in [7, 11) is 1.63. The van der Waals surface area contributed by atoms with Crippen LogP contribution in [0.25, 0.3) is 0 Å². The molecule has 7 heteroatoms. The summed E-state index contributed by atoms with van der Waals surface area (Å²) in [4.78, 5) is 13.0. The van der Waals surface area contributed by atoms with Gasteiger partial charge in [-0.2, -0.15) is 13.2 Å². The van der Waals surface area contributed by atoms with E-state index in [1.165, 1.54) is 6.07 Å². The predicted molar refractivity (Wildman–Crippen MR) is 68.2 cm³/mol. The first-order valence-electron chi connectivity index (χ1n) is 6.01. The van der Waals surface area contributed by atoms with Crippen LogP contribution >= 0.6 is 0 Å². The molecule has 1 amide bonds. The first kappa shape index (κ1) is 16.3. The van der Waals surface area contributed by atoms with Crippen LogP contribution in [0, 0.1) is 0 Å². The number of likely N-dealkylation sites (N-methyl/N-ethyl adjacent to an activating group) is 1. The summed E-state index contributed by atoms with van der Waals surface area (Å²) in [5, 5.41) is 11.2. The molecule has 0 aliphatic heterocycles. The molecule has 0 bridgehead atoms. The monoisotopic (exact) mass is 290 g/mol. The number of hydrogen-bond acceptors (Lipinski definition) is 3. The molecule has 20 heavy (non-hydrogen) atoms. The molecule has 0 aliphatic carbocycles. The first-order chi connectivity index (χ1) is 9.19. The number of phenols is 1. The van der Waals surface area contributed by atoms with Crippen molar-refractivity contribution in [3.63, 3.8) is 0 Å². The zero-order valence-corrected chi connectivity index (χ0v) is 11.2. The van der Waals surface area contributed by atoms with E-state index in [-0.39, 0.29) is 18.3 Å². The van der Waals surface area contributed by atoms with Gasteiger partial charge >= 0.3 is 6.18 Å². The van der Waals surface area contributed by atoms with E-state index < -0.39 is 18.6 Å². The van der Waals surface area contributed by atoms with Crippen molar-refractivity contribution < 1.29 is 23.1 Å². The molecule has 0 heterocycles. The number of amides is 1. The van der Waals surface area contributed by atoms with E-state index in [0.717, 1.165) is 5.56 Å². The Morgan fingerprint density at radius 2 is 2.10 bits per heavy atom. The average molecular weight is 290 g/mol. The fourth-order valence-electron chi connectivity index (χ4n) is 1.66. The highest BCUT2D eigenvalue weighted by Gasteiger charge is 2.28. The average Bonchev–Trinajstić information content (AvgIpc) is 2.34. The number of aromatic hydroxyl groups is 1. The van der Waals surface area contributed by atoms with Gasteiger partial charge in [-0.3, -0.25) is 9.69 Å². The second kappa shape index (κ2) is 6.60. The summed E-state index contributed by atoms with van der Waals surface area (Å²) in [6, 6.07) is 6.30. The lowest BCUT2D eigenvalue weighted by molar-refractivity contribution is -0.139. The summed E-state index contributed by atoms with van der Waals surface area (Å²) in [6.07, 6.45) is -4.41. The molecule has 112 valence electrons. The molecule has 1 unspecified atom stereocenters. The minimum atomic E-state index is -4.41. The molecule has 0 saturated carbocycles. The van der Waals surface area contributed by atoms with Gasteiger partial charge in [-0.05, 0) is 31.7 Å². The van der Waals surface area contributed by atoms with Gasteiger partial charge < -0.3 is 10.4 Å². The van der Waals surface area contributed by atoms with Crippen molar-refractivity contribution in [3.8, 4) is 5.75 Å².